The minimum Gasteiger partial charge on any atom is -0.449 e. The molecule has 134 valence electrons. The summed E-state index contributed by atoms with van der Waals surface area (Å²) in [4.78, 5) is 27.9. The summed E-state index contributed by atoms with van der Waals surface area (Å²) in [7, 11) is 0. The van der Waals surface area contributed by atoms with Crippen LogP contribution in [0.15, 0.2) is 23.6 Å². The number of carbonyl (C=O) groups excluding carboxylic acids is 2. The first kappa shape index (κ1) is 19.2. The van der Waals surface area contributed by atoms with Crippen molar-refractivity contribution < 1.29 is 14.3 Å². The first-order valence-corrected chi connectivity index (χ1v) is 9.03. The lowest BCUT2D eigenvalue weighted by Gasteiger charge is -2.07. The average molecular weight is 382 g/mol. The van der Waals surface area contributed by atoms with Crippen LogP contribution in [0.2, 0.25) is 5.02 Å². The number of aryl methyl sites for hydroxylation is 1. The van der Waals surface area contributed by atoms with E-state index in [1.807, 2.05) is 26.8 Å². The summed E-state index contributed by atoms with van der Waals surface area (Å²) in [5.74, 6) is 0.0516. The van der Waals surface area contributed by atoms with E-state index >= 15 is 0 Å². The zero-order chi connectivity index (χ0) is 18.4. The number of rotatable bonds is 6. The summed E-state index contributed by atoms with van der Waals surface area (Å²) < 4.78 is 5.02. The first-order valence-electron chi connectivity index (χ1n) is 7.77. The third-order valence-corrected chi connectivity index (χ3v) is 4.32. The molecule has 0 aliphatic heterocycles. The van der Waals surface area contributed by atoms with Crippen LogP contribution in [0.1, 0.15) is 25.1 Å². The minimum atomic E-state index is -0.548. The number of carbonyl (C=O) groups is 2. The molecule has 6 nitrogen and oxygen atoms in total. The molecular weight excluding hydrogens is 362 g/mol. The topological polar surface area (TPSA) is 80.3 Å². The van der Waals surface area contributed by atoms with Gasteiger partial charge in [-0.1, -0.05) is 31.5 Å². The Morgan fingerprint density at radius 1 is 1.32 bits per heavy atom. The van der Waals surface area contributed by atoms with Gasteiger partial charge in [-0.3, -0.25) is 10.1 Å². The highest BCUT2D eigenvalue weighted by Crippen LogP contribution is 2.21. The van der Waals surface area contributed by atoms with E-state index in [1.54, 1.807) is 17.5 Å². The molecule has 0 atom stereocenters. The number of thiazole rings is 1. The molecule has 0 unspecified atom stereocenters. The Morgan fingerprint density at radius 2 is 2.08 bits per heavy atom. The third-order valence-electron chi connectivity index (χ3n) is 3.11. The zero-order valence-electron chi connectivity index (χ0n) is 14.3. The molecule has 0 spiro atoms. The summed E-state index contributed by atoms with van der Waals surface area (Å²) in [6, 6.07) is 5.33. The molecular formula is C17H20ClN3O3S. The lowest BCUT2D eigenvalue weighted by Crippen LogP contribution is -2.17. The normalized spacial score (nSPS) is 10.6. The first-order chi connectivity index (χ1) is 11.8. The molecule has 0 radical (unpaired) electrons. The quantitative estimate of drug-likeness (QED) is 0.772. The van der Waals surface area contributed by atoms with Crippen molar-refractivity contribution in [2.45, 2.75) is 27.2 Å². The van der Waals surface area contributed by atoms with Crippen molar-refractivity contribution >= 4 is 45.8 Å². The van der Waals surface area contributed by atoms with E-state index in [2.05, 4.69) is 15.6 Å². The van der Waals surface area contributed by atoms with Gasteiger partial charge in [0.15, 0.2) is 5.13 Å². The highest BCUT2D eigenvalue weighted by molar-refractivity contribution is 7.13. The maximum absolute atomic E-state index is 12.1. The Balaban J connectivity index is 1.86. The lowest BCUT2D eigenvalue weighted by molar-refractivity contribution is -0.115. The van der Waals surface area contributed by atoms with Gasteiger partial charge < -0.3 is 10.1 Å². The molecule has 0 saturated heterocycles. The molecule has 0 fully saturated rings. The Morgan fingerprint density at radius 3 is 2.76 bits per heavy atom. The van der Waals surface area contributed by atoms with Crippen LogP contribution in [0.4, 0.5) is 15.6 Å². The highest BCUT2D eigenvalue weighted by atomic mass is 35.5. The molecule has 2 rings (SSSR count). The van der Waals surface area contributed by atoms with Gasteiger partial charge in [0.05, 0.1) is 18.7 Å². The van der Waals surface area contributed by atoms with Gasteiger partial charge in [0.2, 0.25) is 5.91 Å². The molecule has 2 N–H and O–H groups in total. The molecule has 2 amide bonds. The molecule has 1 aromatic heterocycles. The van der Waals surface area contributed by atoms with E-state index in [0.717, 1.165) is 5.56 Å². The Labute approximate surface area is 155 Å². The van der Waals surface area contributed by atoms with Crippen LogP contribution in [0.25, 0.3) is 0 Å². The van der Waals surface area contributed by atoms with Crippen molar-refractivity contribution in [1.29, 1.82) is 0 Å². The average Bonchev–Trinajstić information content (AvgIpc) is 2.95. The van der Waals surface area contributed by atoms with Gasteiger partial charge in [0.1, 0.15) is 0 Å². The van der Waals surface area contributed by atoms with Crippen molar-refractivity contribution in [2.24, 2.45) is 5.92 Å². The lowest BCUT2D eigenvalue weighted by atomic mass is 10.2. The van der Waals surface area contributed by atoms with Crippen molar-refractivity contribution in [1.82, 2.24) is 4.98 Å². The number of ether oxygens (including phenoxy) is 1. The minimum absolute atomic E-state index is 0.102. The van der Waals surface area contributed by atoms with Gasteiger partial charge in [-0.25, -0.2) is 9.78 Å². The van der Waals surface area contributed by atoms with Crippen LogP contribution in [-0.4, -0.2) is 23.6 Å². The number of hydrogen-bond donors (Lipinski definition) is 2. The molecule has 25 heavy (non-hydrogen) atoms. The number of aromatic nitrogens is 1. The van der Waals surface area contributed by atoms with E-state index < -0.39 is 6.09 Å². The summed E-state index contributed by atoms with van der Waals surface area (Å²) in [6.45, 7) is 6.14. The fourth-order valence-corrected chi connectivity index (χ4v) is 2.73. The number of hydrogen-bond acceptors (Lipinski definition) is 5. The summed E-state index contributed by atoms with van der Waals surface area (Å²) in [6.07, 6.45) is -0.446. The van der Waals surface area contributed by atoms with Gasteiger partial charge in [0, 0.05) is 16.1 Å². The zero-order valence-corrected chi connectivity index (χ0v) is 15.8. The molecule has 0 saturated carbocycles. The van der Waals surface area contributed by atoms with Crippen molar-refractivity contribution in [3.8, 4) is 0 Å². The van der Waals surface area contributed by atoms with Gasteiger partial charge in [-0.15, -0.1) is 11.3 Å². The fourth-order valence-electron chi connectivity index (χ4n) is 1.85. The molecule has 8 heteroatoms. The summed E-state index contributed by atoms with van der Waals surface area (Å²) in [5.41, 5.74) is 2.14. The maximum atomic E-state index is 12.1. The second kappa shape index (κ2) is 8.82. The Bertz CT molecular complexity index is 761. The molecule has 0 aliphatic rings. The van der Waals surface area contributed by atoms with E-state index in [9.17, 15) is 9.59 Å². The molecule has 0 aliphatic carbocycles. The predicted octanol–water partition coefficient (Wildman–Crippen LogP) is 4.49. The largest absolute Gasteiger partial charge is 0.449 e. The third kappa shape index (κ3) is 6.36. The van der Waals surface area contributed by atoms with Gasteiger partial charge in [0.25, 0.3) is 0 Å². The smallest absolute Gasteiger partial charge is 0.413 e. The Kier molecular flexibility index (Phi) is 6.78. The molecule has 2 aromatic rings. The maximum Gasteiger partial charge on any atom is 0.413 e. The standard InChI is InChI=1S/C17H20ClN3O3S/c1-10(2)8-24-17(23)21-16-20-13(9-25-16)7-15(22)19-12-5-4-11(3)14(18)6-12/h4-6,9-10H,7-8H2,1-3H3,(H,19,22)(H,20,21,23). The van der Waals surface area contributed by atoms with Gasteiger partial charge >= 0.3 is 6.09 Å². The van der Waals surface area contributed by atoms with Crippen LogP contribution in [0.5, 0.6) is 0 Å². The van der Waals surface area contributed by atoms with Gasteiger partial charge in [-0.05, 0) is 30.5 Å². The van der Waals surface area contributed by atoms with Crippen LogP contribution >= 0.6 is 22.9 Å². The van der Waals surface area contributed by atoms with Crippen molar-refractivity contribution in [3.63, 3.8) is 0 Å². The summed E-state index contributed by atoms with van der Waals surface area (Å²) >= 11 is 7.28. The molecule has 1 heterocycles. The van der Waals surface area contributed by atoms with Crippen molar-refractivity contribution in [3.05, 3.63) is 39.9 Å². The SMILES string of the molecule is Cc1ccc(NC(=O)Cc2csc(NC(=O)OCC(C)C)n2)cc1Cl. The van der Waals surface area contributed by atoms with E-state index in [4.69, 9.17) is 16.3 Å². The number of nitrogens with zero attached hydrogens (tertiary/aromatic N) is 1. The monoisotopic (exact) mass is 381 g/mol. The second-order valence-corrected chi connectivity index (χ2v) is 7.22. The molecule has 0 bridgehead atoms. The van der Waals surface area contributed by atoms with Crippen molar-refractivity contribution in [2.75, 3.05) is 17.2 Å². The Hall–Kier alpha value is -2.12. The van der Waals surface area contributed by atoms with Crippen LogP contribution in [0, 0.1) is 12.8 Å². The van der Waals surface area contributed by atoms with Crippen LogP contribution in [-0.2, 0) is 16.0 Å². The van der Waals surface area contributed by atoms with E-state index in [0.29, 0.717) is 28.1 Å². The number of anilines is 2. The predicted molar refractivity (Wildman–Crippen MR) is 100 cm³/mol. The van der Waals surface area contributed by atoms with Crippen LogP contribution in [0.3, 0.4) is 0 Å². The summed E-state index contributed by atoms with van der Waals surface area (Å²) in [5, 5.41) is 8.04. The molecule has 1 aromatic carbocycles. The van der Waals surface area contributed by atoms with Gasteiger partial charge in [-0.2, -0.15) is 0 Å². The van der Waals surface area contributed by atoms with Crippen LogP contribution < -0.4 is 10.6 Å². The number of nitrogens with one attached hydrogen (secondary N) is 2. The number of halogens is 1. The number of benzene rings is 1. The fraction of sp³-hybridized carbons (Fsp3) is 0.353. The highest BCUT2D eigenvalue weighted by Gasteiger charge is 2.11. The van der Waals surface area contributed by atoms with E-state index in [-0.39, 0.29) is 18.2 Å². The number of amides is 2. The van der Waals surface area contributed by atoms with E-state index in [1.165, 1.54) is 11.3 Å². The second-order valence-electron chi connectivity index (χ2n) is 5.95.